The summed E-state index contributed by atoms with van der Waals surface area (Å²) in [6, 6.07) is -0.712. The molecule has 60 heavy (non-hydrogen) atoms. The van der Waals surface area contributed by atoms with Crippen molar-refractivity contribution < 1.29 is 39.8 Å². The predicted molar refractivity (Wildman–Crippen MR) is 249 cm³/mol. The molecule has 0 aromatic rings. The third kappa shape index (κ3) is 31.9. The van der Waals surface area contributed by atoms with Crippen LogP contribution in [0.1, 0.15) is 264 Å². The second-order valence-electron chi connectivity index (χ2n) is 18.7. The normalized spacial score (nSPS) is 20.4. The van der Waals surface area contributed by atoms with Crippen molar-refractivity contribution in [3.63, 3.8) is 0 Å². The Labute approximate surface area is 370 Å². The molecule has 6 N–H and O–H groups in total. The lowest BCUT2D eigenvalue weighted by molar-refractivity contribution is -0.302. The number of amides is 1. The van der Waals surface area contributed by atoms with Gasteiger partial charge in [0.2, 0.25) is 5.91 Å². The molecule has 7 atom stereocenters. The fraction of sp³-hybridized carbons (Fsp3) is 0.980. The Morgan fingerprint density at radius 3 is 1.18 bits per heavy atom. The molecule has 2 unspecified atom stereocenters. The summed E-state index contributed by atoms with van der Waals surface area (Å²) < 4.78 is 11.3. The van der Waals surface area contributed by atoms with Crippen molar-refractivity contribution >= 4 is 5.91 Å². The van der Waals surface area contributed by atoms with E-state index in [0.717, 1.165) is 38.5 Å². The van der Waals surface area contributed by atoms with E-state index in [1.54, 1.807) is 0 Å². The van der Waals surface area contributed by atoms with Crippen LogP contribution in [0, 0.1) is 0 Å². The van der Waals surface area contributed by atoms with Crippen LogP contribution in [-0.2, 0) is 14.3 Å². The molecular weight excluding hydrogens is 755 g/mol. The highest BCUT2D eigenvalue weighted by Gasteiger charge is 2.44. The van der Waals surface area contributed by atoms with E-state index < -0.39 is 49.5 Å². The van der Waals surface area contributed by atoms with Crippen molar-refractivity contribution in [1.29, 1.82) is 0 Å². The number of rotatable bonds is 45. The molecule has 1 saturated heterocycles. The highest BCUT2D eigenvalue weighted by atomic mass is 16.7. The minimum absolute atomic E-state index is 0.131. The van der Waals surface area contributed by atoms with Crippen LogP contribution in [0.3, 0.4) is 0 Å². The Morgan fingerprint density at radius 2 is 0.833 bits per heavy atom. The largest absolute Gasteiger partial charge is 0.394 e. The summed E-state index contributed by atoms with van der Waals surface area (Å²) in [5.41, 5.74) is 0. The number of carbonyl (C=O) groups is 1. The van der Waals surface area contributed by atoms with E-state index in [9.17, 15) is 30.3 Å². The number of hydrogen-bond donors (Lipinski definition) is 6. The first-order chi connectivity index (χ1) is 29.3. The van der Waals surface area contributed by atoms with E-state index in [0.29, 0.717) is 12.8 Å². The topological polar surface area (TPSA) is 149 Å². The van der Waals surface area contributed by atoms with E-state index in [-0.39, 0.29) is 12.5 Å². The number of aliphatic hydroxyl groups excluding tert-OH is 5. The van der Waals surface area contributed by atoms with Gasteiger partial charge in [0.25, 0.3) is 0 Å². The lowest BCUT2D eigenvalue weighted by Crippen LogP contribution is -2.60. The van der Waals surface area contributed by atoms with Crippen molar-refractivity contribution in [2.45, 2.75) is 307 Å². The smallest absolute Gasteiger partial charge is 0.220 e. The first kappa shape index (κ1) is 57.2. The molecule has 9 nitrogen and oxygen atoms in total. The maximum absolute atomic E-state index is 13.0. The molecule has 0 saturated carbocycles. The van der Waals surface area contributed by atoms with Crippen LogP contribution in [0.15, 0.2) is 0 Å². The monoisotopic (exact) mass is 856 g/mol. The summed E-state index contributed by atoms with van der Waals surface area (Å²) in [4.78, 5) is 13.0. The molecule has 1 aliphatic rings. The molecule has 0 aliphatic carbocycles. The fourth-order valence-corrected chi connectivity index (χ4v) is 8.75. The van der Waals surface area contributed by atoms with Gasteiger partial charge in [0.1, 0.15) is 24.4 Å². The summed E-state index contributed by atoms with van der Waals surface area (Å²) in [6.45, 7) is 3.87. The second-order valence-corrected chi connectivity index (χ2v) is 18.7. The molecule has 1 aliphatic heterocycles. The molecule has 0 aromatic heterocycles. The third-order valence-electron chi connectivity index (χ3n) is 13.0. The fourth-order valence-electron chi connectivity index (χ4n) is 8.75. The van der Waals surface area contributed by atoms with Gasteiger partial charge in [-0.25, -0.2) is 0 Å². The van der Waals surface area contributed by atoms with Crippen molar-refractivity contribution in [2.75, 3.05) is 13.2 Å². The summed E-state index contributed by atoms with van der Waals surface area (Å²) in [7, 11) is 0. The summed E-state index contributed by atoms with van der Waals surface area (Å²) in [6.07, 6.45) is 41.1. The molecule has 1 amide bonds. The molecule has 1 fully saturated rings. The SMILES string of the molecule is CCCCCCCCCCCCCCCCCCCCCCC(=O)N[C@@H](CO[C@@H]1O[C@H](CO)[C@@H](O)C(O)C1O)[C@H](O)CCCCCCCCCCCCCCCCCCC. The van der Waals surface area contributed by atoms with Gasteiger partial charge in [-0.15, -0.1) is 0 Å². The lowest BCUT2D eigenvalue weighted by Gasteiger charge is -2.40. The van der Waals surface area contributed by atoms with Gasteiger partial charge in [0.15, 0.2) is 6.29 Å². The average molecular weight is 856 g/mol. The van der Waals surface area contributed by atoms with Crippen LogP contribution in [0.2, 0.25) is 0 Å². The van der Waals surface area contributed by atoms with Crippen LogP contribution in [-0.4, -0.2) is 87.5 Å². The Bertz CT molecular complexity index is 908. The van der Waals surface area contributed by atoms with Crippen molar-refractivity contribution in [3.8, 4) is 0 Å². The molecule has 1 heterocycles. The van der Waals surface area contributed by atoms with Crippen molar-refractivity contribution in [1.82, 2.24) is 5.32 Å². The average Bonchev–Trinajstić information content (AvgIpc) is 3.25. The quantitative estimate of drug-likeness (QED) is 0.0332. The van der Waals surface area contributed by atoms with Crippen molar-refractivity contribution in [3.05, 3.63) is 0 Å². The first-order valence-corrected chi connectivity index (χ1v) is 26.2. The van der Waals surface area contributed by atoms with Gasteiger partial charge in [-0.05, 0) is 12.8 Å². The second kappa shape index (κ2) is 42.2. The number of aliphatic hydroxyl groups is 5. The summed E-state index contributed by atoms with van der Waals surface area (Å²) >= 11 is 0. The molecule has 0 spiro atoms. The van der Waals surface area contributed by atoms with Gasteiger partial charge in [0, 0.05) is 6.42 Å². The number of hydrogen-bond acceptors (Lipinski definition) is 8. The van der Waals surface area contributed by atoms with Gasteiger partial charge >= 0.3 is 0 Å². The molecule has 0 radical (unpaired) electrons. The van der Waals surface area contributed by atoms with Gasteiger partial charge in [-0.2, -0.15) is 0 Å². The number of ether oxygens (including phenoxy) is 2. The van der Waals surface area contributed by atoms with Gasteiger partial charge < -0.3 is 40.3 Å². The summed E-state index contributed by atoms with van der Waals surface area (Å²) in [5, 5.41) is 54.5. The lowest BCUT2D eigenvalue weighted by atomic mass is 9.99. The maximum atomic E-state index is 13.0. The zero-order valence-corrected chi connectivity index (χ0v) is 39.5. The Kier molecular flexibility index (Phi) is 40.2. The zero-order chi connectivity index (χ0) is 43.7. The molecular formula is C51H101NO8. The van der Waals surface area contributed by atoms with Crippen molar-refractivity contribution in [2.24, 2.45) is 0 Å². The first-order valence-electron chi connectivity index (χ1n) is 26.2. The van der Waals surface area contributed by atoms with Gasteiger partial charge in [0.05, 0.1) is 25.4 Å². The van der Waals surface area contributed by atoms with Crippen LogP contribution in [0.4, 0.5) is 0 Å². The zero-order valence-electron chi connectivity index (χ0n) is 39.5. The van der Waals surface area contributed by atoms with E-state index in [4.69, 9.17) is 9.47 Å². The van der Waals surface area contributed by atoms with Gasteiger partial charge in [-0.3, -0.25) is 4.79 Å². The Balaban J connectivity index is 2.24. The molecule has 1 rings (SSSR count). The van der Waals surface area contributed by atoms with E-state index in [2.05, 4.69) is 19.2 Å². The van der Waals surface area contributed by atoms with Crippen LogP contribution in [0.25, 0.3) is 0 Å². The summed E-state index contributed by atoms with van der Waals surface area (Å²) in [5.74, 6) is -0.138. The number of nitrogens with one attached hydrogen (secondary N) is 1. The maximum Gasteiger partial charge on any atom is 0.220 e. The number of carbonyl (C=O) groups excluding carboxylic acids is 1. The molecule has 0 aromatic carbocycles. The van der Waals surface area contributed by atoms with E-state index in [1.165, 1.54) is 199 Å². The Hall–Kier alpha value is -0.810. The van der Waals surface area contributed by atoms with Gasteiger partial charge in [-0.1, -0.05) is 245 Å². The highest BCUT2D eigenvalue weighted by Crippen LogP contribution is 2.23. The van der Waals surface area contributed by atoms with Crippen LogP contribution in [0.5, 0.6) is 0 Å². The molecule has 9 heteroatoms. The standard InChI is InChI=1S/C51H101NO8/c1-3-5-7-9-11-13-15-17-19-21-22-23-25-27-29-31-33-35-37-39-41-47(55)52-44(43-59-51-50(58)49(57)48(56)46(42-53)60-51)45(54)40-38-36-34-32-30-28-26-24-20-18-16-14-12-10-8-6-4-2/h44-46,48-51,53-54,56-58H,3-43H2,1-2H3,(H,52,55)/t44-,45+,46+,48+,49?,50?,51+/m0/s1. The minimum atomic E-state index is -1.55. The van der Waals surface area contributed by atoms with E-state index >= 15 is 0 Å². The Morgan fingerprint density at radius 1 is 0.500 bits per heavy atom. The number of unbranched alkanes of at least 4 members (excludes halogenated alkanes) is 35. The van der Waals surface area contributed by atoms with Crippen LogP contribution < -0.4 is 5.32 Å². The van der Waals surface area contributed by atoms with Crippen LogP contribution >= 0.6 is 0 Å². The third-order valence-corrected chi connectivity index (χ3v) is 13.0. The predicted octanol–water partition coefficient (Wildman–Crippen LogP) is 11.9. The molecule has 0 bridgehead atoms. The highest BCUT2D eigenvalue weighted by molar-refractivity contribution is 5.76. The molecule has 358 valence electrons. The minimum Gasteiger partial charge on any atom is -0.394 e. The van der Waals surface area contributed by atoms with E-state index in [1.807, 2.05) is 0 Å².